The third kappa shape index (κ3) is 2.86. The zero-order valence-electron chi connectivity index (χ0n) is 12.3. The number of hydrogen-bond acceptors (Lipinski definition) is 4. The van der Waals surface area contributed by atoms with Crippen LogP contribution < -0.4 is 10.6 Å². The summed E-state index contributed by atoms with van der Waals surface area (Å²) in [6.45, 7) is 6.75. The minimum Gasteiger partial charge on any atom is -0.409 e. The maximum atomic E-state index is 8.63. The van der Waals surface area contributed by atoms with E-state index in [4.69, 9.17) is 10.9 Å². The topological polar surface area (TPSA) is 74.7 Å². The summed E-state index contributed by atoms with van der Waals surface area (Å²) in [7, 11) is 0. The van der Waals surface area contributed by atoms with Gasteiger partial charge in [-0.15, -0.1) is 0 Å². The number of nitrogens with two attached hydrogens (primary N) is 1. The molecule has 0 amide bonds. The first kappa shape index (κ1) is 14.6. The second-order valence-electron chi connectivity index (χ2n) is 5.58. The Labute approximate surface area is 120 Å². The molecule has 0 spiro atoms. The van der Waals surface area contributed by atoms with Crippen LogP contribution in [0.5, 0.6) is 0 Å². The van der Waals surface area contributed by atoms with Gasteiger partial charge in [-0.1, -0.05) is 31.8 Å². The van der Waals surface area contributed by atoms with Crippen LogP contribution in [0.25, 0.3) is 0 Å². The number of hydrogen-bond donors (Lipinski definition) is 2. The molecule has 1 aromatic rings. The normalized spacial score (nSPS) is 19.1. The van der Waals surface area contributed by atoms with E-state index in [1.165, 1.54) is 25.7 Å². The van der Waals surface area contributed by atoms with E-state index in [0.717, 1.165) is 18.8 Å². The van der Waals surface area contributed by atoms with Gasteiger partial charge in [0.1, 0.15) is 5.69 Å². The van der Waals surface area contributed by atoms with Gasteiger partial charge in [0.05, 0.1) is 11.9 Å². The van der Waals surface area contributed by atoms with Crippen LogP contribution in [0, 0.1) is 5.41 Å². The molecule has 1 aromatic heterocycles. The molecule has 1 aliphatic heterocycles. The predicted octanol–water partition coefficient (Wildman–Crippen LogP) is 2.58. The number of nitrogens with zero attached hydrogens (tertiary/aromatic N) is 3. The van der Waals surface area contributed by atoms with Crippen molar-refractivity contribution in [1.82, 2.24) is 4.98 Å². The Morgan fingerprint density at radius 2 is 2.00 bits per heavy atom. The molecule has 2 rings (SSSR count). The zero-order valence-corrected chi connectivity index (χ0v) is 12.3. The number of anilines is 1. The molecule has 0 unspecified atom stereocenters. The first-order chi connectivity index (χ1) is 9.64. The van der Waals surface area contributed by atoms with Gasteiger partial charge in [-0.25, -0.2) is 0 Å². The first-order valence-electron chi connectivity index (χ1n) is 7.33. The van der Waals surface area contributed by atoms with E-state index in [2.05, 4.69) is 28.9 Å². The van der Waals surface area contributed by atoms with E-state index in [-0.39, 0.29) is 5.84 Å². The molecule has 1 aliphatic rings. The highest BCUT2D eigenvalue weighted by atomic mass is 16.4. The molecule has 110 valence electrons. The van der Waals surface area contributed by atoms with Crippen molar-refractivity contribution in [3.8, 4) is 0 Å². The van der Waals surface area contributed by atoms with Crippen LogP contribution in [0.2, 0.25) is 0 Å². The van der Waals surface area contributed by atoms with E-state index in [9.17, 15) is 0 Å². The molecule has 0 aliphatic carbocycles. The molecule has 1 fully saturated rings. The maximum absolute atomic E-state index is 8.63. The molecule has 0 atom stereocenters. The van der Waals surface area contributed by atoms with Crippen molar-refractivity contribution < 1.29 is 5.21 Å². The molecule has 0 saturated carbocycles. The summed E-state index contributed by atoms with van der Waals surface area (Å²) in [5, 5.41) is 11.6. The third-order valence-corrected chi connectivity index (χ3v) is 4.81. The van der Waals surface area contributed by atoms with Crippen molar-refractivity contribution in [2.24, 2.45) is 16.3 Å². The monoisotopic (exact) mass is 276 g/mol. The lowest BCUT2D eigenvalue weighted by molar-refractivity contribution is 0.199. The van der Waals surface area contributed by atoms with Crippen LogP contribution in [0.15, 0.2) is 23.5 Å². The maximum Gasteiger partial charge on any atom is 0.188 e. The van der Waals surface area contributed by atoms with Crippen molar-refractivity contribution in [3.63, 3.8) is 0 Å². The van der Waals surface area contributed by atoms with Gasteiger partial charge in [-0.05, 0) is 30.4 Å². The number of pyridine rings is 1. The molecule has 1 saturated heterocycles. The zero-order chi connectivity index (χ0) is 14.6. The molecule has 5 heteroatoms. The molecule has 0 bridgehead atoms. The Kier molecular flexibility index (Phi) is 4.47. The first-order valence-corrected chi connectivity index (χ1v) is 7.33. The Morgan fingerprint density at radius 1 is 1.35 bits per heavy atom. The highest BCUT2D eigenvalue weighted by molar-refractivity contribution is 5.95. The van der Waals surface area contributed by atoms with Crippen LogP contribution in [-0.2, 0) is 0 Å². The average molecular weight is 276 g/mol. The van der Waals surface area contributed by atoms with Crippen molar-refractivity contribution >= 4 is 11.5 Å². The summed E-state index contributed by atoms with van der Waals surface area (Å²) in [5.41, 5.74) is 7.66. The van der Waals surface area contributed by atoms with Gasteiger partial charge >= 0.3 is 0 Å². The summed E-state index contributed by atoms with van der Waals surface area (Å²) >= 11 is 0. The summed E-state index contributed by atoms with van der Waals surface area (Å²) in [4.78, 5) is 6.61. The van der Waals surface area contributed by atoms with E-state index < -0.39 is 0 Å². The second-order valence-corrected chi connectivity index (χ2v) is 5.58. The fourth-order valence-corrected chi connectivity index (χ4v) is 2.97. The lowest BCUT2D eigenvalue weighted by atomic mass is 9.74. The smallest absolute Gasteiger partial charge is 0.188 e. The number of rotatable bonds is 4. The van der Waals surface area contributed by atoms with Crippen LogP contribution in [0.4, 0.5) is 5.69 Å². The lowest BCUT2D eigenvalue weighted by Gasteiger charge is -2.41. The molecule has 0 radical (unpaired) electrons. The Morgan fingerprint density at radius 3 is 2.45 bits per heavy atom. The fourth-order valence-electron chi connectivity index (χ4n) is 2.97. The van der Waals surface area contributed by atoms with Gasteiger partial charge in [0, 0.05) is 13.1 Å². The molecular weight excluding hydrogens is 252 g/mol. The molecule has 20 heavy (non-hydrogen) atoms. The van der Waals surface area contributed by atoms with Gasteiger partial charge in [-0.2, -0.15) is 0 Å². The molecule has 5 nitrogen and oxygen atoms in total. The summed E-state index contributed by atoms with van der Waals surface area (Å²) in [5.74, 6) is 0.0474. The Balaban J connectivity index is 2.04. The largest absolute Gasteiger partial charge is 0.409 e. The average Bonchev–Trinajstić information content (AvgIpc) is 2.54. The lowest BCUT2D eigenvalue weighted by Crippen LogP contribution is -2.39. The van der Waals surface area contributed by atoms with E-state index >= 15 is 0 Å². The van der Waals surface area contributed by atoms with Crippen molar-refractivity contribution in [1.29, 1.82) is 0 Å². The molecule has 2 heterocycles. The van der Waals surface area contributed by atoms with Crippen molar-refractivity contribution in [3.05, 3.63) is 24.0 Å². The van der Waals surface area contributed by atoms with Crippen LogP contribution in [0.3, 0.4) is 0 Å². The minimum absolute atomic E-state index is 0.0474. The molecular formula is C15H24N4O. The van der Waals surface area contributed by atoms with E-state index in [0.29, 0.717) is 11.1 Å². The number of aromatic nitrogens is 1. The van der Waals surface area contributed by atoms with E-state index in [1.54, 1.807) is 12.3 Å². The highest BCUT2D eigenvalue weighted by Crippen LogP contribution is 2.38. The summed E-state index contributed by atoms with van der Waals surface area (Å²) < 4.78 is 0. The summed E-state index contributed by atoms with van der Waals surface area (Å²) in [6, 6.07) is 3.79. The van der Waals surface area contributed by atoms with Gasteiger partial charge < -0.3 is 15.8 Å². The number of amidine groups is 1. The van der Waals surface area contributed by atoms with Gasteiger partial charge in [0.25, 0.3) is 0 Å². The third-order valence-electron chi connectivity index (χ3n) is 4.81. The van der Waals surface area contributed by atoms with Crippen LogP contribution in [-0.4, -0.2) is 29.1 Å². The SMILES string of the molecule is CCC1(CC)CCN(c2ccc(/C(N)=N/O)nc2)CC1. The van der Waals surface area contributed by atoms with E-state index in [1.807, 2.05) is 6.07 Å². The fraction of sp³-hybridized carbons (Fsp3) is 0.600. The second kappa shape index (κ2) is 6.11. The van der Waals surface area contributed by atoms with Crippen molar-refractivity contribution in [2.75, 3.05) is 18.0 Å². The Hall–Kier alpha value is -1.78. The summed E-state index contributed by atoms with van der Waals surface area (Å²) in [6.07, 6.45) is 6.80. The standard InChI is InChI=1S/C15H24N4O/c1-3-15(4-2)7-9-19(10-8-15)12-5-6-13(17-11-12)14(16)18-20/h5-6,11,20H,3-4,7-10H2,1-2H3,(H2,16,18). The highest BCUT2D eigenvalue weighted by Gasteiger charge is 2.31. The molecule has 3 N–H and O–H groups in total. The van der Waals surface area contributed by atoms with Gasteiger partial charge in [0.2, 0.25) is 0 Å². The Bertz CT molecular complexity index is 455. The molecule has 0 aromatic carbocycles. The van der Waals surface area contributed by atoms with Gasteiger partial charge in [0.15, 0.2) is 5.84 Å². The number of piperidine rings is 1. The van der Waals surface area contributed by atoms with Crippen LogP contribution in [0.1, 0.15) is 45.2 Å². The quantitative estimate of drug-likeness (QED) is 0.383. The number of oxime groups is 1. The van der Waals surface area contributed by atoms with Gasteiger partial charge in [-0.3, -0.25) is 4.98 Å². The predicted molar refractivity (Wildman–Crippen MR) is 81.2 cm³/mol. The van der Waals surface area contributed by atoms with Crippen molar-refractivity contribution in [2.45, 2.75) is 39.5 Å². The minimum atomic E-state index is 0.0474. The van der Waals surface area contributed by atoms with Crippen LogP contribution >= 0.6 is 0 Å².